The van der Waals surface area contributed by atoms with Crippen molar-refractivity contribution in [3.8, 4) is 0 Å². The molecule has 1 aliphatic rings. The van der Waals surface area contributed by atoms with Gasteiger partial charge in [0.05, 0.1) is 22.9 Å². The van der Waals surface area contributed by atoms with Gasteiger partial charge in [-0.3, -0.25) is 9.59 Å². The van der Waals surface area contributed by atoms with Gasteiger partial charge in [-0.05, 0) is 26.8 Å². The normalized spacial score (nSPS) is 21.6. The lowest BCUT2D eigenvalue weighted by Crippen LogP contribution is -2.48. The van der Waals surface area contributed by atoms with E-state index in [1.165, 1.54) is 17.4 Å². The van der Waals surface area contributed by atoms with Crippen LogP contribution in [-0.2, 0) is 14.3 Å². The van der Waals surface area contributed by atoms with Crippen LogP contribution in [0.1, 0.15) is 31.0 Å². The Balaban J connectivity index is 1.70. The minimum Gasteiger partial charge on any atom is -0.372 e. The van der Waals surface area contributed by atoms with Crippen LogP contribution in [0.5, 0.6) is 0 Å². The van der Waals surface area contributed by atoms with Gasteiger partial charge in [-0.2, -0.15) is 0 Å². The van der Waals surface area contributed by atoms with E-state index >= 15 is 0 Å². The summed E-state index contributed by atoms with van der Waals surface area (Å²) in [6, 6.07) is 0. The second-order valence-corrected chi connectivity index (χ2v) is 6.78. The van der Waals surface area contributed by atoms with Gasteiger partial charge in [-0.15, -0.1) is 11.3 Å². The van der Waals surface area contributed by atoms with Gasteiger partial charge in [0.1, 0.15) is 0 Å². The standard InChI is InChI=1S/C16H23N3O3S/c1-11-8-19(9-12(2)22-11)16(21)6-7-17-15(20)5-4-14-10-23-13(3)18-14/h4-5,10-12H,6-9H2,1-3H3,(H,17,20)/b5-4+. The van der Waals surface area contributed by atoms with Gasteiger partial charge in [0.25, 0.3) is 0 Å². The molecule has 2 heterocycles. The third-order valence-electron chi connectivity index (χ3n) is 3.45. The average Bonchev–Trinajstić information content (AvgIpc) is 2.89. The number of hydrogen-bond donors (Lipinski definition) is 1. The molecule has 0 bridgehead atoms. The molecule has 1 fully saturated rings. The van der Waals surface area contributed by atoms with Crippen molar-refractivity contribution in [2.75, 3.05) is 19.6 Å². The number of hydrogen-bond acceptors (Lipinski definition) is 5. The summed E-state index contributed by atoms with van der Waals surface area (Å²) >= 11 is 1.54. The highest BCUT2D eigenvalue weighted by molar-refractivity contribution is 7.09. The Morgan fingerprint density at radius 2 is 2.13 bits per heavy atom. The molecule has 2 amide bonds. The van der Waals surface area contributed by atoms with Gasteiger partial charge < -0.3 is 15.0 Å². The zero-order valence-corrected chi connectivity index (χ0v) is 14.6. The zero-order valence-electron chi connectivity index (χ0n) is 13.7. The molecule has 1 N–H and O–H groups in total. The number of aromatic nitrogens is 1. The van der Waals surface area contributed by atoms with Crippen LogP contribution >= 0.6 is 11.3 Å². The number of carbonyl (C=O) groups is 2. The number of amides is 2. The van der Waals surface area contributed by atoms with Crippen molar-refractivity contribution >= 4 is 29.2 Å². The van der Waals surface area contributed by atoms with E-state index in [0.717, 1.165) is 10.7 Å². The Morgan fingerprint density at radius 3 is 2.74 bits per heavy atom. The number of thiazole rings is 1. The molecule has 126 valence electrons. The summed E-state index contributed by atoms with van der Waals surface area (Å²) in [6.07, 6.45) is 3.53. The Kier molecular flexibility index (Phi) is 6.29. The van der Waals surface area contributed by atoms with Crippen LogP contribution < -0.4 is 5.32 Å². The summed E-state index contributed by atoms with van der Waals surface area (Å²) in [5, 5.41) is 5.58. The maximum Gasteiger partial charge on any atom is 0.244 e. The number of rotatable bonds is 5. The Morgan fingerprint density at radius 1 is 1.43 bits per heavy atom. The largest absolute Gasteiger partial charge is 0.372 e. The van der Waals surface area contributed by atoms with Gasteiger partial charge in [-0.1, -0.05) is 0 Å². The second-order valence-electron chi connectivity index (χ2n) is 5.72. The minimum absolute atomic E-state index is 0.0476. The highest BCUT2D eigenvalue weighted by atomic mass is 32.1. The van der Waals surface area contributed by atoms with Crippen LogP contribution in [0.25, 0.3) is 6.08 Å². The molecule has 0 spiro atoms. The van der Waals surface area contributed by atoms with Crippen LogP contribution in [0.4, 0.5) is 0 Å². The first kappa shape index (κ1) is 17.6. The summed E-state index contributed by atoms with van der Waals surface area (Å²) in [5.74, 6) is -0.168. The molecule has 0 saturated carbocycles. The third kappa shape index (κ3) is 5.76. The molecule has 2 atom stereocenters. The molecule has 1 aromatic rings. The van der Waals surface area contributed by atoms with Gasteiger partial charge in [-0.25, -0.2) is 4.98 Å². The molecule has 0 aromatic carbocycles. The predicted molar refractivity (Wildman–Crippen MR) is 90.1 cm³/mol. The van der Waals surface area contributed by atoms with E-state index in [9.17, 15) is 9.59 Å². The lowest BCUT2D eigenvalue weighted by molar-refractivity contribution is -0.143. The Hall–Kier alpha value is -1.73. The average molecular weight is 337 g/mol. The Bertz CT molecular complexity index is 575. The maximum atomic E-state index is 12.1. The number of morpholine rings is 1. The number of nitrogens with one attached hydrogen (secondary N) is 1. The van der Waals surface area contributed by atoms with E-state index in [4.69, 9.17) is 4.74 Å². The van der Waals surface area contributed by atoms with Crippen molar-refractivity contribution in [2.24, 2.45) is 0 Å². The fourth-order valence-corrected chi connectivity index (χ4v) is 3.09. The monoisotopic (exact) mass is 337 g/mol. The number of aryl methyl sites for hydroxylation is 1. The van der Waals surface area contributed by atoms with Crippen molar-refractivity contribution in [1.29, 1.82) is 0 Å². The molecule has 6 nitrogen and oxygen atoms in total. The lowest BCUT2D eigenvalue weighted by atomic mass is 10.2. The molecule has 23 heavy (non-hydrogen) atoms. The molecular weight excluding hydrogens is 314 g/mol. The summed E-state index contributed by atoms with van der Waals surface area (Å²) < 4.78 is 5.61. The van der Waals surface area contributed by atoms with Gasteiger partial charge in [0.15, 0.2) is 0 Å². The molecule has 0 radical (unpaired) electrons. The Labute approximate surface area is 140 Å². The van der Waals surface area contributed by atoms with Gasteiger partial charge in [0.2, 0.25) is 11.8 Å². The van der Waals surface area contributed by atoms with Crippen LogP contribution in [-0.4, -0.2) is 53.5 Å². The number of carbonyl (C=O) groups excluding carboxylic acids is 2. The number of ether oxygens (including phenoxy) is 1. The van der Waals surface area contributed by atoms with Crippen LogP contribution in [0.3, 0.4) is 0 Å². The van der Waals surface area contributed by atoms with Gasteiger partial charge in [0, 0.05) is 37.5 Å². The number of nitrogens with zero attached hydrogens (tertiary/aromatic N) is 2. The van der Waals surface area contributed by atoms with Crippen molar-refractivity contribution in [3.05, 3.63) is 22.2 Å². The third-order valence-corrected chi connectivity index (χ3v) is 4.24. The molecule has 2 unspecified atom stereocenters. The summed E-state index contributed by atoms with van der Waals surface area (Å²) in [5.41, 5.74) is 0.773. The molecule has 0 aliphatic carbocycles. The van der Waals surface area contributed by atoms with Crippen molar-refractivity contribution in [2.45, 2.75) is 39.4 Å². The van der Waals surface area contributed by atoms with E-state index in [-0.39, 0.29) is 24.0 Å². The van der Waals surface area contributed by atoms with Gasteiger partial charge >= 0.3 is 0 Å². The van der Waals surface area contributed by atoms with Crippen molar-refractivity contribution in [1.82, 2.24) is 15.2 Å². The molecule has 1 aromatic heterocycles. The van der Waals surface area contributed by atoms with E-state index < -0.39 is 0 Å². The van der Waals surface area contributed by atoms with Crippen molar-refractivity contribution < 1.29 is 14.3 Å². The van der Waals surface area contributed by atoms with E-state index in [1.807, 2.05) is 26.2 Å². The topological polar surface area (TPSA) is 71.5 Å². The van der Waals surface area contributed by atoms with Crippen molar-refractivity contribution in [3.63, 3.8) is 0 Å². The molecule has 1 aliphatic heterocycles. The fraction of sp³-hybridized carbons (Fsp3) is 0.562. The predicted octanol–water partition coefficient (Wildman–Crippen LogP) is 1.61. The van der Waals surface area contributed by atoms with E-state index in [2.05, 4.69) is 10.3 Å². The summed E-state index contributed by atoms with van der Waals surface area (Å²) in [4.78, 5) is 29.9. The summed E-state index contributed by atoms with van der Waals surface area (Å²) in [6.45, 7) is 7.39. The van der Waals surface area contributed by atoms with Crippen LogP contribution in [0.15, 0.2) is 11.5 Å². The summed E-state index contributed by atoms with van der Waals surface area (Å²) in [7, 11) is 0. The van der Waals surface area contributed by atoms with E-state index in [1.54, 1.807) is 11.0 Å². The SMILES string of the molecule is Cc1nc(/C=C/C(=O)NCCC(=O)N2CC(C)OC(C)C2)cs1. The highest BCUT2D eigenvalue weighted by Gasteiger charge is 2.25. The molecule has 2 rings (SSSR count). The van der Waals surface area contributed by atoms with Crippen LogP contribution in [0.2, 0.25) is 0 Å². The second kappa shape index (κ2) is 8.21. The first-order valence-electron chi connectivity index (χ1n) is 7.75. The molecule has 1 saturated heterocycles. The molecular formula is C16H23N3O3S. The zero-order chi connectivity index (χ0) is 16.8. The minimum atomic E-state index is -0.216. The van der Waals surface area contributed by atoms with E-state index in [0.29, 0.717) is 26.1 Å². The first-order valence-corrected chi connectivity index (χ1v) is 8.63. The smallest absolute Gasteiger partial charge is 0.244 e. The van der Waals surface area contributed by atoms with Crippen LogP contribution in [0, 0.1) is 6.92 Å². The fourth-order valence-electron chi connectivity index (χ4n) is 2.51. The lowest BCUT2D eigenvalue weighted by Gasteiger charge is -2.35. The first-order chi connectivity index (χ1) is 10.9. The molecule has 7 heteroatoms. The maximum absolute atomic E-state index is 12.1. The quantitative estimate of drug-likeness (QED) is 0.829. The highest BCUT2D eigenvalue weighted by Crippen LogP contribution is 2.11.